The Bertz CT molecular complexity index is 658. The summed E-state index contributed by atoms with van der Waals surface area (Å²) in [4.78, 5) is 13.6. The number of amides is 1. The summed E-state index contributed by atoms with van der Waals surface area (Å²) < 4.78 is 13.4. The normalized spacial score (nSPS) is 10.2. The average molecular weight is 287 g/mol. The van der Waals surface area contributed by atoms with Crippen molar-refractivity contribution in [2.75, 3.05) is 24.2 Å². The molecule has 0 atom stereocenters. The molecule has 110 valence electrons. The Balaban J connectivity index is 2.49. The van der Waals surface area contributed by atoms with Gasteiger partial charge in [-0.05, 0) is 43.3 Å². The zero-order valence-corrected chi connectivity index (χ0v) is 12.1. The number of nitrogens with one attached hydrogen (secondary N) is 1. The Morgan fingerprint density at radius 2 is 2.05 bits per heavy atom. The average Bonchev–Trinajstić information content (AvgIpc) is 2.49. The van der Waals surface area contributed by atoms with Gasteiger partial charge in [0, 0.05) is 24.8 Å². The number of hydrogen-bond donors (Lipinski definition) is 2. The van der Waals surface area contributed by atoms with E-state index < -0.39 is 0 Å². The number of carbonyl (C=O) groups excluding carboxylic acids is 1. The fourth-order valence-electron chi connectivity index (χ4n) is 2.20. The third kappa shape index (κ3) is 3.13. The van der Waals surface area contributed by atoms with Crippen LogP contribution in [0.2, 0.25) is 0 Å². The monoisotopic (exact) mass is 287 g/mol. The van der Waals surface area contributed by atoms with Gasteiger partial charge in [-0.15, -0.1) is 0 Å². The van der Waals surface area contributed by atoms with Gasteiger partial charge >= 0.3 is 0 Å². The highest BCUT2D eigenvalue weighted by molar-refractivity contribution is 5.96. The zero-order chi connectivity index (χ0) is 15.4. The topological polar surface area (TPSA) is 58.4 Å². The van der Waals surface area contributed by atoms with Gasteiger partial charge in [0.25, 0.3) is 5.91 Å². The summed E-state index contributed by atoms with van der Waals surface area (Å²) in [5.41, 5.74) is 8.44. The van der Waals surface area contributed by atoms with Crippen molar-refractivity contribution >= 4 is 23.0 Å². The molecule has 0 aliphatic carbocycles. The number of benzene rings is 2. The molecule has 2 aromatic rings. The molecule has 4 nitrogen and oxygen atoms in total. The molecule has 2 aromatic carbocycles. The zero-order valence-electron chi connectivity index (χ0n) is 12.1. The van der Waals surface area contributed by atoms with Crippen molar-refractivity contribution < 1.29 is 9.18 Å². The van der Waals surface area contributed by atoms with Gasteiger partial charge in [-0.3, -0.25) is 4.79 Å². The Labute approximate surface area is 123 Å². The number of halogens is 1. The molecule has 21 heavy (non-hydrogen) atoms. The van der Waals surface area contributed by atoms with Crippen molar-refractivity contribution in [3.05, 3.63) is 53.8 Å². The van der Waals surface area contributed by atoms with Gasteiger partial charge in [0.1, 0.15) is 5.82 Å². The van der Waals surface area contributed by atoms with Crippen molar-refractivity contribution in [2.24, 2.45) is 0 Å². The molecule has 0 saturated carbocycles. The summed E-state index contributed by atoms with van der Waals surface area (Å²) in [5.74, 6) is -0.501. The van der Waals surface area contributed by atoms with Crippen LogP contribution < -0.4 is 16.0 Å². The first-order chi connectivity index (χ1) is 10.1. The van der Waals surface area contributed by atoms with Gasteiger partial charge in [-0.25, -0.2) is 4.39 Å². The third-order valence-corrected chi connectivity index (χ3v) is 3.25. The summed E-state index contributed by atoms with van der Waals surface area (Å²) >= 11 is 0. The first kappa shape index (κ1) is 14.8. The molecule has 0 saturated heterocycles. The lowest BCUT2D eigenvalue weighted by Crippen LogP contribution is -2.21. The highest BCUT2D eigenvalue weighted by atomic mass is 19.1. The molecule has 0 bridgehead atoms. The molecule has 0 unspecified atom stereocenters. The van der Waals surface area contributed by atoms with Crippen LogP contribution in [0.25, 0.3) is 0 Å². The fraction of sp³-hybridized carbons (Fsp3) is 0.188. The van der Waals surface area contributed by atoms with Gasteiger partial charge in [-0.1, -0.05) is 6.07 Å². The van der Waals surface area contributed by atoms with E-state index in [9.17, 15) is 9.18 Å². The predicted molar refractivity (Wildman–Crippen MR) is 83.3 cm³/mol. The van der Waals surface area contributed by atoms with Crippen molar-refractivity contribution in [1.82, 2.24) is 5.32 Å². The molecule has 0 aromatic heterocycles. The molecule has 0 aliphatic heterocycles. The van der Waals surface area contributed by atoms with E-state index in [1.165, 1.54) is 12.1 Å². The second-order valence-corrected chi connectivity index (χ2v) is 4.58. The molecule has 5 heteroatoms. The number of nitrogen functional groups attached to an aromatic ring is 1. The number of carbonyl (C=O) groups is 1. The lowest BCUT2D eigenvalue weighted by Gasteiger charge is -2.25. The van der Waals surface area contributed by atoms with E-state index in [1.807, 2.05) is 11.8 Å². The Hall–Kier alpha value is -2.56. The maximum absolute atomic E-state index is 13.4. The van der Waals surface area contributed by atoms with Crippen LogP contribution >= 0.6 is 0 Å². The van der Waals surface area contributed by atoms with E-state index >= 15 is 0 Å². The van der Waals surface area contributed by atoms with E-state index in [0.29, 0.717) is 29.2 Å². The van der Waals surface area contributed by atoms with E-state index in [4.69, 9.17) is 5.73 Å². The Morgan fingerprint density at radius 1 is 1.29 bits per heavy atom. The van der Waals surface area contributed by atoms with Gasteiger partial charge in [0.05, 0.1) is 11.4 Å². The smallest absolute Gasteiger partial charge is 0.251 e. The first-order valence-electron chi connectivity index (χ1n) is 6.71. The maximum atomic E-state index is 13.4. The largest absolute Gasteiger partial charge is 0.397 e. The Kier molecular flexibility index (Phi) is 4.42. The quantitative estimate of drug-likeness (QED) is 0.850. The van der Waals surface area contributed by atoms with Gasteiger partial charge in [0.15, 0.2) is 0 Å². The minimum Gasteiger partial charge on any atom is -0.397 e. The fourth-order valence-corrected chi connectivity index (χ4v) is 2.20. The molecular weight excluding hydrogens is 269 g/mol. The molecule has 3 N–H and O–H groups in total. The molecule has 1 amide bonds. The maximum Gasteiger partial charge on any atom is 0.251 e. The lowest BCUT2D eigenvalue weighted by molar-refractivity contribution is 0.0963. The van der Waals surface area contributed by atoms with Gasteiger partial charge in [0.2, 0.25) is 0 Å². The van der Waals surface area contributed by atoms with Gasteiger partial charge in [-0.2, -0.15) is 0 Å². The van der Waals surface area contributed by atoms with Crippen LogP contribution in [0.3, 0.4) is 0 Å². The van der Waals surface area contributed by atoms with Gasteiger partial charge < -0.3 is 16.0 Å². The molecule has 0 spiro atoms. The van der Waals surface area contributed by atoms with E-state index in [1.54, 1.807) is 37.4 Å². The van der Waals surface area contributed by atoms with Crippen LogP contribution in [0, 0.1) is 5.82 Å². The lowest BCUT2D eigenvalue weighted by atomic mass is 10.1. The molecule has 2 rings (SSSR count). The number of anilines is 3. The molecular formula is C16H18FN3O. The van der Waals surface area contributed by atoms with Crippen LogP contribution in [0.15, 0.2) is 42.5 Å². The molecule has 0 aliphatic rings. The molecule has 0 radical (unpaired) electrons. The summed E-state index contributed by atoms with van der Waals surface area (Å²) in [6.07, 6.45) is 0. The van der Waals surface area contributed by atoms with E-state index in [0.717, 1.165) is 0 Å². The van der Waals surface area contributed by atoms with Crippen LogP contribution in [-0.2, 0) is 0 Å². The van der Waals surface area contributed by atoms with Crippen LogP contribution in [-0.4, -0.2) is 19.5 Å². The molecule has 0 heterocycles. The highest BCUT2D eigenvalue weighted by Gasteiger charge is 2.14. The number of nitrogens with zero attached hydrogens (tertiary/aromatic N) is 1. The summed E-state index contributed by atoms with van der Waals surface area (Å²) in [6.45, 7) is 2.54. The number of rotatable bonds is 4. The minimum absolute atomic E-state index is 0.188. The van der Waals surface area contributed by atoms with E-state index in [-0.39, 0.29) is 11.7 Å². The number of nitrogens with two attached hydrogens (primary N) is 1. The van der Waals surface area contributed by atoms with E-state index in [2.05, 4.69) is 5.32 Å². The highest BCUT2D eigenvalue weighted by Crippen LogP contribution is 2.31. The minimum atomic E-state index is -0.313. The van der Waals surface area contributed by atoms with Crippen molar-refractivity contribution in [3.8, 4) is 0 Å². The standard InChI is InChI=1S/C16H18FN3O/c1-3-20(13-6-4-5-12(17)10-13)15-9-11(16(21)19-2)7-8-14(15)18/h4-10H,3,18H2,1-2H3,(H,19,21). The predicted octanol–water partition coefficient (Wildman–Crippen LogP) is 2.93. The summed E-state index contributed by atoms with van der Waals surface area (Å²) in [6, 6.07) is 11.3. The van der Waals surface area contributed by atoms with Crippen LogP contribution in [0.5, 0.6) is 0 Å². The second kappa shape index (κ2) is 6.26. The van der Waals surface area contributed by atoms with Crippen LogP contribution in [0.4, 0.5) is 21.5 Å². The second-order valence-electron chi connectivity index (χ2n) is 4.58. The Morgan fingerprint density at radius 3 is 2.67 bits per heavy atom. The van der Waals surface area contributed by atoms with Crippen molar-refractivity contribution in [2.45, 2.75) is 6.92 Å². The summed E-state index contributed by atoms with van der Waals surface area (Å²) in [7, 11) is 1.57. The molecule has 0 fully saturated rings. The van der Waals surface area contributed by atoms with Crippen molar-refractivity contribution in [1.29, 1.82) is 0 Å². The summed E-state index contributed by atoms with van der Waals surface area (Å²) in [5, 5.41) is 2.58. The van der Waals surface area contributed by atoms with Crippen molar-refractivity contribution in [3.63, 3.8) is 0 Å². The first-order valence-corrected chi connectivity index (χ1v) is 6.71. The van der Waals surface area contributed by atoms with Crippen LogP contribution in [0.1, 0.15) is 17.3 Å². The SMILES string of the molecule is CCN(c1cccc(F)c1)c1cc(C(=O)NC)ccc1N. The third-order valence-electron chi connectivity index (χ3n) is 3.25. The number of hydrogen-bond acceptors (Lipinski definition) is 3.